The van der Waals surface area contributed by atoms with Crippen molar-refractivity contribution >= 4 is 5.97 Å². The third-order valence-electron chi connectivity index (χ3n) is 3.15. The predicted octanol–water partition coefficient (Wildman–Crippen LogP) is 2.26. The molecule has 0 aliphatic heterocycles. The molecule has 1 saturated carbocycles. The van der Waals surface area contributed by atoms with E-state index in [1.807, 2.05) is 0 Å². The van der Waals surface area contributed by atoms with Crippen LogP contribution in [0.25, 0.3) is 0 Å². The fraction of sp³-hybridized carbons (Fsp3) is 0.417. The molecule has 0 atom stereocenters. The maximum absolute atomic E-state index is 14.0. The van der Waals surface area contributed by atoms with Crippen molar-refractivity contribution in [3.8, 4) is 5.75 Å². The first-order valence-corrected chi connectivity index (χ1v) is 5.10. The summed E-state index contributed by atoms with van der Waals surface area (Å²) in [6.07, 6.45) is 0.943. The Balaban J connectivity index is 2.63. The molecule has 0 spiro atoms. The van der Waals surface area contributed by atoms with Gasteiger partial charge in [0.25, 0.3) is 0 Å². The van der Waals surface area contributed by atoms with Crippen molar-refractivity contribution in [3.05, 3.63) is 29.1 Å². The smallest absolute Gasteiger partial charge is 0.314 e. The van der Waals surface area contributed by atoms with Gasteiger partial charge in [-0.3, -0.25) is 4.79 Å². The number of hydrogen-bond acceptors (Lipinski definition) is 2. The van der Waals surface area contributed by atoms with Crippen molar-refractivity contribution in [2.24, 2.45) is 0 Å². The van der Waals surface area contributed by atoms with Crippen LogP contribution in [0, 0.1) is 12.7 Å². The fourth-order valence-corrected chi connectivity index (χ4v) is 1.97. The number of carboxylic acids is 1. The molecule has 1 aromatic carbocycles. The van der Waals surface area contributed by atoms with E-state index < -0.39 is 17.2 Å². The van der Waals surface area contributed by atoms with Crippen LogP contribution in [0.3, 0.4) is 0 Å². The summed E-state index contributed by atoms with van der Waals surface area (Å²) in [5.74, 6) is -1.11. The second-order valence-corrected chi connectivity index (χ2v) is 4.16. The van der Waals surface area contributed by atoms with E-state index in [1.54, 1.807) is 19.1 Å². The Morgan fingerprint density at radius 1 is 1.50 bits per heavy atom. The average Bonchev–Trinajstić information content (AvgIpc) is 3.03. The SMILES string of the molecule is COc1ccc(C)c(F)c1C1(C(=O)O)CC1. The molecule has 3 nitrogen and oxygen atoms in total. The Morgan fingerprint density at radius 2 is 2.12 bits per heavy atom. The van der Waals surface area contributed by atoms with Crippen LogP contribution in [0.2, 0.25) is 0 Å². The van der Waals surface area contributed by atoms with Gasteiger partial charge in [0.05, 0.1) is 12.5 Å². The van der Waals surface area contributed by atoms with Gasteiger partial charge in [0.1, 0.15) is 11.6 Å². The zero-order chi connectivity index (χ0) is 11.9. The van der Waals surface area contributed by atoms with E-state index in [1.165, 1.54) is 7.11 Å². The highest BCUT2D eigenvalue weighted by molar-refractivity contribution is 5.86. The van der Waals surface area contributed by atoms with Crippen LogP contribution in [0.5, 0.6) is 5.75 Å². The largest absolute Gasteiger partial charge is 0.496 e. The lowest BCUT2D eigenvalue weighted by Crippen LogP contribution is -2.22. The lowest BCUT2D eigenvalue weighted by molar-refractivity contribution is -0.140. The maximum Gasteiger partial charge on any atom is 0.314 e. The van der Waals surface area contributed by atoms with Gasteiger partial charge in [0.15, 0.2) is 0 Å². The van der Waals surface area contributed by atoms with Gasteiger partial charge in [-0.1, -0.05) is 6.07 Å². The van der Waals surface area contributed by atoms with Crippen molar-refractivity contribution in [2.45, 2.75) is 25.2 Å². The molecule has 1 aliphatic rings. The normalized spacial score (nSPS) is 16.9. The molecular formula is C12H13FO3. The van der Waals surface area contributed by atoms with Gasteiger partial charge in [-0.15, -0.1) is 0 Å². The number of halogens is 1. The molecule has 0 saturated heterocycles. The molecule has 86 valence electrons. The monoisotopic (exact) mass is 224 g/mol. The minimum atomic E-state index is -1.07. The molecule has 0 aromatic heterocycles. The van der Waals surface area contributed by atoms with Gasteiger partial charge < -0.3 is 9.84 Å². The first-order valence-electron chi connectivity index (χ1n) is 5.10. The molecule has 0 bridgehead atoms. The van der Waals surface area contributed by atoms with Gasteiger partial charge >= 0.3 is 5.97 Å². The number of ether oxygens (including phenoxy) is 1. The second-order valence-electron chi connectivity index (χ2n) is 4.16. The number of aryl methyl sites for hydroxylation is 1. The predicted molar refractivity (Wildman–Crippen MR) is 56.2 cm³/mol. The highest BCUT2D eigenvalue weighted by atomic mass is 19.1. The van der Waals surface area contributed by atoms with Crippen LogP contribution < -0.4 is 4.74 Å². The van der Waals surface area contributed by atoms with Crippen molar-refractivity contribution < 1.29 is 19.0 Å². The van der Waals surface area contributed by atoms with E-state index in [9.17, 15) is 14.3 Å². The van der Waals surface area contributed by atoms with Crippen molar-refractivity contribution in [1.82, 2.24) is 0 Å². The number of carboxylic acid groups (broad SMARTS) is 1. The van der Waals surface area contributed by atoms with E-state index in [2.05, 4.69) is 0 Å². The number of hydrogen-bond donors (Lipinski definition) is 1. The molecule has 2 rings (SSSR count). The van der Waals surface area contributed by atoms with Crippen LogP contribution in [0.4, 0.5) is 4.39 Å². The second kappa shape index (κ2) is 3.47. The van der Waals surface area contributed by atoms with E-state index >= 15 is 0 Å². The zero-order valence-electron chi connectivity index (χ0n) is 9.21. The zero-order valence-corrected chi connectivity index (χ0v) is 9.21. The number of methoxy groups -OCH3 is 1. The fourth-order valence-electron chi connectivity index (χ4n) is 1.97. The van der Waals surface area contributed by atoms with Crippen LogP contribution >= 0.6 is 0 Å². The van der Waals surface area contributed by atoms with Crippen LogP contribution in [0.15, 0.2) is 12.1 Å². The Labute approximate surface area is 92.9 Å². The Hall–Kier alpha value is -1.58. The van der Waals surface area contributed by atoms with E-state index in [4.69, 9.17) is 4.74 Å². The van der Waals surface area contributed by atoms with E-state index in [-0.39, 0.29) is 5.56 Å². The maximum atomic E-state index is 14.0. The third-order valence-corrected chi connectivity index (χ3v) is 3.15. The summed E-state index contributed by atoms with van der Waals surface area (Å²) in [7, 11) is 1.42. The molecule has 1 aromatic rings. The summed E-state index contributed by atoms with van der Waals surface area (Å²) >= 11 is 0. The van der Waals surface area contributed by atoms with Crippen LogP contribution in [-0.2, 0) is 10.2 Å². The molecule has 0 radical (unpaired) electrons. The third kappa shape index (κ3) is 1.37. The lowest BCUT2D eigenvalue weighted by Gasteiger charge is -2.16. The summed E-state index contributed by atoms with van der Waals surface area (Å²) in [4.78, 5) is 11.2. The minimum Gasteiger partial charge on any atom is -0.496 e. The van der Waals surface area contributed by atoms with Gasteiger partial charge in [0, 0.05) is 5.56 Å². The Kier molecular flexibility index (Phi) is 2.37. The van der Waals surface area contributed by atoms with Gasteiger partial charge in [-0.2, -0.15) is 0 Å². The summed E-state index contributed by atoms with van der Waals surface area (Å²) < 4.78 is 19.1. The van der Waals surface area contributed by atoms with Crippen LogP contribution in [-0.4, -0.2) is 18.2 Å². The molecule has 1 aliphatic carbocycles. The van der Waals surface area contributed by atoms with Crippen molar-refractivity contribution in [1.29, 1.82) is 0 Å². The number of benzene rings is 1. The van der Waals surface area contributed by atoms with Gasteiger partial charge in [-0.25, -0.2) is 4.39 Å². The highest BCUT2D eigenvalue weighted by Gasteiger charge is 2.55. The lowest BCUT2D eigenvalue weighted by atomic mass is 9.93. The Morgan fingerprint density at radius 3 is 2.56 bits per heavy atom. The van der Waals surface area contributed by atoms with Crippen LogP contribution in [0.1, 0.15) is 24.0 Å². The molecule has 1 fully saturated rings. The highest BCUT2D eigenvalue weighted by Crippen LogP contribution is 2.52. The quantitative estimate of drug-likeness (QED) is 0.856. The van der Waals surface area contributed by atoms with E-state index in [0.29, 0.717) is 24.2 Å². The number of aliphatic carboxylic acids is 1. The summed E-state index contributed by atoms with van der Waals surface area (Å²) in [5.41, 5.74) is -0.424. The van der Waals surface area contributed by atoms with E-state index in [0.717, 1.165) is 0 Å². The first kappa shape index (κ1) is 10.9. The molecule has 16 heavy (non-hydrogen) atoms. The van der Waals surface area contributed by atoms with Crippen molar-refractivity contribution in [3.63, 3.8) is 0 Å². The molecule has 1 N–H and O–H groups in total. The average molecular weight is 224 g/mol. The molecule has 0 amide bonds. The summed E-state index contributed by atoms with van der Waals surface area (Å²) in [6, 6.07) is 3.21. The summed E-state index contributed by atoms with van der Waals surface area (Å²) in [5, 5.41) is 9.17. The number of carbonyl (C=O) groups is 1. The first-order chi connectivity index (χ1) is 7.53. The molecule has 0 unspecified atom stereocenters. The molecule has 0 heterocycles. The summed E-state index contributed by atoms with van der Waals surface area (Å²) in [6.45, 7) is 1.62. The topological polar surface area (TPSA) is 46.5 Å². The molecular weight excluding hydrogens is 211 g/mol. The van der Waals surface area contributed by atoms with Gasteiger partial charge in [-0.05, 0) is 31.4 Å². The minimum absolute atomic E-state index is 0.197. The van der Waals surface area contributed by atoms with Gasteiger partial charge in [0.2, 0.25) is 0 Å². The van der Waals surface area contributed by atoms with Crippen molar-refractivity contribution in [2.75, 3.05) is 7.11 Å². The Bertz CT molecular complexity index is 450. The number of rotatable bonds is 3. The molecule has 4 heteroatoms. The standard InChI is InChI=1S/C12H13FO3/c1-7-3-4-8(16-2)9(10(7)13)12(5-6-12)11(14)15/h3-4H,5-6H2,1-2H3,(H,14,15).